The van der Waals surface area contributed by atoms with Crippen molar-refractivity contribution >= 4 is 22.8 Å². The van der Waals surface area contributed by atoms with Crippen LogP contribution in [0.3, 0.4) is 0 Å². The predicted molar refractivity (Wildman–Crippen MR) is 80.6 cm³/mol. The fourth-order valence-corrected chi connectivity index (χ4v) is 2.88. The molecule has 1 heterocycles. The number of ether oxygens (including phenoxy) is 1. The second-order valence-corrected chi connectivity index (χ2v) is 6.07. The van der Waals surface area contributed by atoms with Gasteiger partial charge in [-0.15, -0.1) is 0 Å². The molecule has 1 aliphatic heterocycles. The van der Waals surface area contributed by atoms with E-state index in [-0.39, 0.29) is 5.91 Å². The number of methoxy groups -OCH3 is 1. The molecule has 0 radical (unpaired) electrons. The highest BCUT2D eigenvalue weighted by molar-refractivity contribution is 8.14. The maximum Gasteiger partial charge on any atom is 0.221 e. The standard InChI is InChI=1S/C13H25N3O2S/c1-10(2)8-11-9-19-13(16-11)15-5-4-12(17)14-6-7-18-3/h10-11H,4-9H2,1-3H3,(H,14,17)(H,15,16). The number of rotatable bonds is 8. The van der Waals surface area contributed by atoms with E-state index >= 15 is 0 Å². The molecule has 5 nitrogen and oxygen atoms in total. The Morgan fingerprint density at radius 3 is 3.11 bits per heavy atom. The molecule has 1 fully saturated rings. The van der Waals surface area contributed by atoms with Crippen LogP contribution in [0.2, 0.25) is 0 Å². The van der Waals surface area contributed by atoms with Crippen molar-refractivity contribution in [1.29, 1.82) is 0 Å². The van der Waals surface area contributed by atoms with E-state index < -0.39 is 0 Å². The minimum Gasteiger partial charge on any atom is -0.383 e. The van der Waals surface area contributed by atoms with Crippen LogP contribution in [0.4, 0.5) is 0 Å². The number of carbonyl (C=O) groups is 1. The number of thioether (sulfide) groups is 1. The fourth-order valence-electron chi connectivity index (χ4n) is 1.86. The molecule has 1 atom stereocenters. The van der Waals surface area contributed by atoms with E-state index in [1.807, 2.05) is 0 Å². The van der Waals surface area contributed by atoms with Crippen molar-refractivity contribution in [3.8, 4) is 0 Å². The number of nitrogens with zero attached hydrogens (tertiary/aromatic N) is 1. The molecule has 0 spiro atoms. The number of carbonyl (C=O) groups excluding carboxylic acids is 1. The molecule has 19 heavy (non-hydrogen) atoms. The van der Waals surface area contributed by atoms with Gasteiger partial charge in [0.05, 0.1) is 13.2 Å². The van der Waals surface area contributed by atoms with Crippen LogP contribution < -0.4 is 10.6 Å². The molecule has 0 aromatic rings. The second-order valence-electron chi connectivity index (χ2n) is 5.06. The van der Waals surface area contributed by atoms with Crippen molar-refractivity contribution in [3.63, 3.8) is 0 Å². The van der Waals surface area contributed by atoms with Crippen LogP contribution in [-0.4, -0.2) is 49.7 Å². The first-order valence-electron chi connectivity index (χ1n) is 6.81. The molecular weight excluding hydrogens is 262 g/mol. The van der Waals surface area contributed by atoms with Gasteiger partial charge in [0.1, 0.15) is 0 Å². The Hall–Kier alpha value is -0.750. The van der Waals surface area contributed by atoms with Gasteiger partial charge in [0.25, 0.3) is 0 Å². The topological polar surface area (TPSA) is 62.7 Å². The van der Waals surface area contributed by atoms with Crippen molar-refractivity contribution in [2.45, 2.75) is 32.7 Å². The van der Waals surface area contributed by atoms with Crippen LogP contribution in [0, 0.1) is 5.92 Å². The first-order chi connectivity index (χ1) is 9.11. The molecule has 1 amide bonds. The quantitative estimate of drug-likeness (QED) is 0.660. The van der Waals surface area contributed by atoms with Gasteiger partial charge in [0, 0.05) is 31.9 Å². The summed E-state index contributed by atoms with van der Waals surface area (Å²) >= 11 is 1.75. The van der Waals surface area contributed by atoms with E-state index in [9.17, 15) is 4.79 Å². The zero-order chi connectivity index (χ0) is 14.1. The van der Waals surface area contributed by atoms with Crippen LogP contribution in [0.1, 0.15) is 26.7 Å². The largest absolute Gasteiger partial charge is 0.383 e. The van der Waals surface area contributed by atoms with Crippen molar-refractivity contribution < 1.29 is 9.53 Å². The van der Waals surface area contributed by atoms with Crippen molar-refractivity contribution in [2.24, 2.45) is 10.9 Å². The van der Waals surface area contributed by atoms with Crippen LogP contribution in [0.15, 0.2) is 4.99 Å². The van der Waals surface area contributed by atoms with Gasteiger partial charge in [0.2, 0.25) is 5.91 Å². The van der Waals surface area contributed by atoms with Crippen LogP contribution in [0.5, 0.6) is 0 Å². The number of hydrogen-bond donors (Lipinski definition) is 2. The number of hydrogen-bond acceptors (Lipinski definition) is 4. The summed E-state index contributed by atoms with van der Waals surface area (Å²) in [7, 11) is 1.62. The molecule has 2 N–H and O–H groups in total. The molecule has 6 heteroatoms. The smallest absolute Gasteiger partial charge is 0.221 e. The normalized spacial score (nSPS) is 20.8. The van der Waals surface area contributed by atoms with E-state index in [0.717, 1.165) is 10.9 Å². The van der Waals surface area contributed by atoms with E-state index in [1.165, 1.54) is 6.42 Å². The highest BCUT2D eigenvalue weighted by Gasteiger charge is 2.20. The third-order valence-electron chi connectivity index (χ3n) is 2.73. The molecule has 1 saturated heterocycles. The third kappa shape index (κ3) is 7.42. The SMILES string of the molecule is COCCNC(=O)CCN=C1NC(CC(C)C)CS1. The second kappa shape index (κ2) is 9.20. The van der Waals surface area contributed by atoms with Crippen molar-refractivity contribution in [1.82, 2.24) is 10.6 Å². The summed E-state index contributed by atoms with van der Waals surface area (Å²) in [6.07, 6.45) is 1.60. The summed E-state index contributed by atoms with van der Waals surface area (Å²) in [5.74, 6) is 1.81. The van der Waals surface area contributed by atoms with Gasteiger partial charge in [0.15, 0.2) is 5.17 Å². The lowest BCUT2D eigenvalue weighted by molar-refractivity contribution is -0.121. The van der Waals surface area contributed by atoms with Gasteiger partial charge in [-0.25, -0.2) is 0 Å². The Morgan fingerprint density at radius 2 is 2.42 bits per heavy atom. The average molecular weight is 287 g/mol. The average Bonchev–Trinajstić information content (AvgIpc) is 2.76. The minimum atomic E-state index is 0.0307. The number of aliphatic imine (C=N–C) groups is 1. The predicted octanol–water partition coefficient (Wildman–Crippen LogP) is 1.25. The Morgan fingerprint density at radius 1 is 1.63 bits per heavy atom. The first-order valence-corrected chi connectivity index (χ1v) is 7.79. The van der Waals surface area contributed by atoms with Gasteiger partial charge in [-0.3, -0.25) is 9.79 Å². The molecule has 110 valence electrons. The number of amidine groups is 1. The summed E-state index contributed by atoms with van der Waals surface area (Å²) < 4.78 is 4.87. The van der Waals surface area contributed by atoms with Crippen LogP contribution in [-0.2, 0) is 9.53 Å². The summed E-state index contributed by atoms with van der Waals surface area (Å²) in [5.41, 5.74) is 0. The molecule has 0 saturated carbocycles. The molecule has 1 unspecified atom stereocenters. The molecule has 0 aromatic carbocycles. The minimum absolute atomic E-state index is 0.0307. The molecule has 0 aromatic heterocycles. The first kappa shape index (κ1) is 16.3. The zero-order valence-corrected chi connectivity index (χ0v) is 12.9. The zero-order valence-electron chi connectivity index (χ0n) is 12.1. The highest BCUT2D eigenvalue weighted by atomic mass is 32.2. The van der Waals surface area contributed by atoms with Gasteiger partial charge >= 0.3 is 0 Å². The summed E-state index contributed by atoms with van der Waals surface area (Å²) in [6, 6.07) is 0.527. The van der Waals surface area contributed by atoms with Gasteiger partial charge in [-0.2, -0.15) is 0 Å². The summed E-state index contributed by atoms with van der Waals surface area (Å²) in [5, 5.41) is 7.17. The molecular formula is C13H25N3O2S. The summed E-state index contributed by atoms with van der Waals surface area (Å²) in [6.45, 7) is 6.12. The Labute approximate surface area is 120 Å². The molecule has 1 rings (SSSR count). The summed E-state index contributed by atoms with van der Waals surface area (Å²) in [4.78, 5) is 15.9. The Kier molecular flexibility index (Phi) is 7.90. The van der Waals surface area contributed by atoms with E-state index in [0.29, 0.717) is 38.1 Å². The van der Waals surface area contributed by atoms with E-state index in [2.05, 4.69) is 29.5 Å². The van der Waals surface area contributed by atoms with Gasteiger partial charge in [-0.05, 0) is 12.3 Å². The number of nitrogens with one attached hydrogen (secondary N) is 2. The lowest BCUT2D eigenvalue weighted by Gasteiger charge is -2.11. The van der Waals surface area contributed by atoms with Crippen LogP contribution >= 0.6 is 11.8 Å². The molecule has 0 aliphatic carbocycles. The van der Waals surface area contributed by atoms with E-state index in [1.54, 1.807) is 18.9 Å². The van der Waals surface area contributed by atoms with Crippen molar-refractivity contribution in [3.05, 3.63) is 0 Å². The third-order valence-corrected chi connectivity index (χ3v) is 3.82. The van der Waals surface area contributed by atoms with Crippen LogP contribution in [0.25, 0.3) is 0 Å². The Bertz CT molecular complexity index is 308. The highest BCUT2D eigenvalue weighted by Crippen LogP contribution is 2.18. The lowest BCUT2D eigenvalue weighted by atomic mass is 10.1. The van der Waals surface area contributed by atoms with Crippen molar-refractivity contribution in [2.75, 3.05) is 32.6 Å². The lowest BCUT2D eigenvalue weighted by Crippen LogP contribution is -2.29. The number of amides is 1. The Balaban J connectivity index is 2.14. The molecule has 1 aliphatic rings. The maximum absolute atomic E-state index is 11.4. The van der Waals surface area contributed by atoms with E-state index in [4.69, 9.17) is 4.74 Å². The maximum atomic E-state index is 11.4. The monoisotopic (exact) mass is 287 g/mol. The van der Waals surface area contributed by atoms with Gasteiger partial charge < -0.3 is 15.4 Å². The fraction of sp³-hybridized carbons (Fsp3) is 0.846. The van der Waals surface area contributed by atoms with Gasteiger partial charge in [-0.1, -0.05) is 25.6 Å². The molecule has 0 bridgehead atoms.